The smallest absolute Gasteiger partial charge is 0.170 e. The van der Waals surface area contributed by atoms with Gasteiger partial charge in [-0.2, -0.15) is 0 Å². The van der Waals surface area contributed by atoms with Gasteiger partial charge < -0.3 is 9.64 Å². The van der Waals surface area contributed by atoms with Gasteiger partial charge in [-0.25, -0.2) is 0 Å². The van der Waals surface area contributed by atoms with Gasteiger partial charge in [0.05, 0.1) is 12.0 Å². The first-order chi connectivity index (χ1) is 10.5. The number of nitrogens with zero attached hydrogens (tertiary/aromatic N) is 1. The molecule has 0 bridgehead atoms. The predicted octanol–water partition coefficient (Wildman–Crippen LogP) is 4.19. The van der Waals surface area contributed by atoms with Crippen LogP contribution < -0.4 is 4.74 Å². The van der Waals surface area contributed by atoms with Gasteiger partial charge in [0.25, 0.3) is 0 Å². The van der Waals surface area contributed by atoms with E-state index in [1.165, 1.54) is 6.42 Å². The fraction of sp³-hybridized carbons (Fsp3) is 0.611. The van der Waals surface area contributed by atoms with Gasteiger partial charge in [0, 0.05) is 31.0 Å². The molecule has 0 unspecified atom stereocenters. The number of fused-ring (bicyclic) bond motifs is 1. The summed E-state index contributed by atoms with van der Waals surface area (Å²) in [5.74, 6) is 1.59. The number of piperidine rings is 1. The Kier molecular flexibility index (Phi) is 4.47. The zero-order chi connectivity index (χ0) is 15.7. The topological polar surface area (TPSA) is 29.5 Å². The lowest BCUT2D eigenvalue weighted by molar-refractivity contribution is -0.00960. The molecule has 0 aromatic heterocycles. The summed E-state index contributed by atoms with van der Waals surface area (Å²) in [6.45, 7) is 7.68. The SMILES string of the molecule is CC(C)CCN1CCC2(CC1)CC(=O)c1ccc(Cl)cc1O2. The quantitative estimate of drug-likeness (QED) is 0.836. The molecule has 2 aliphatic heterocycles. The van der Waals surface area contributed by atoms with Crippen LogP contribution in [-0.2, 0) is 0 Å². The van der Waals surface area contributed by atoms with Crippen molar-refractivity contribution in [2.75, 3.05) is 19.6 Å². The van der Waals surface area contributed by atoms with Gasteiger partial charge in [0.15, 0.2) is 5.78 Å². The molecule has 1 aromatic carbocycles. The van der Waals surface area contributed by atoms with Crippen molar-refractivity contribution in [2.24, 2.45) is 5.92 Å². The summed E-state index contributed by atoms with van der Waals surface area (Å²) in [5, 5.41) is 0.623. The Bertz CT molecular complexity index is 562. The monoisotopic (exact) mass is 321 g/mol. The number of benzene rings is 1. The van der Waals surface area contributed by atoms with Gasteiger partial charge in [-0.05, 0) is 37.1 Å². The van der Waals surface area contributed by atoms with Gasteiger partial charge in [-0.3, -0.25) is 4.79 Å². The van der Waals surface area contributed by atoms with Crippen molar-refractivity contribution in [2.45, 2.75) is 45.1 Å². The summed E-state index contributed by atoms with van der Waals surface area (Å²) in [6, 6.07) is 5.32. The Hall–Kier alpha value is -1.06. The van der Waals surface area contributed by atoms with Crippen LogP contribution in [-0.4, -0.2) is 35.9 Å². The van der Waals surface area contributed by atoms with Gasteiger partial charge in [0.2, 0.25) is 0 Å². The van der Waals surface area contributed by atoms with Crippen molar-refractivity contribution < 1.29 is 9.53 Å². The first-order valence-corrected chi connectivity index (χ1v) is 8.59. The lowest BCUT2D eigenvalue weighted by Gasteiger charge is -2.44. The van der Waals surface area contributed by atoms with Gasteiger partial charge in [-0.15, -0.1) is 0 Å². The summed E-state index contributed by atoms with van der Waals surface area (Å²) >= 11 is 6.05. The Morgan fingerprint density at radius 3 is 2.73 bits per heavy atom. The van der Waals surface area contributed by atoms with Crippen LogP contribution in [0.5, 0.6) is 5.75 Å². The van der Waals surface area contributed by atoms with E-state index in [0.717, 1.165) is 38.4 Å². The molecule has 0 saturated carbocycles. The molecule has 0 aliphatic carbocycles. The first-order valence-electron chi connectivity index (χ1n) is 8.22. The standard InChI is InChI=1S/C18H24ClNO2/c1-13(2)5-8-20-9-6-18(7-10-20)12-16(21)15-4-3-14(19)11-17(15)22-18/h3-4,11,13H,5-10,12H2,1-2H3. The maximum atomic E-state index is 12.4. The van der Waals surface area contributed by atoms with E-state index in [0.29, 0.717) is 22.8 Å². The number of halogens is 1. The Morgan fingerprint density at radius 2 is 2.05 bits per heavy atom. The van der Waals surface area contributed by atoms with Crippen molar-refractivity contribution in [3.63, 3.8) is 0 Å². The van der Waals surface area contributed by atoms with E-state index in [1.807, 2.05) is 0 Å². The molecule has 1 fully saturated rings. The number of carbonyl (C=O) groups is 1. The number of Topliss-reactive ketones (excluding diaryl/α,β-unsaturated/α-hetero) is 1. The minimum Gasteiger partial charge on any atom is -0.486 e. The second-order valence-electron chi connectivity index (χ2n) is 7.05. The molecule has 120 valence electrons. The molecule has 2 aliphatic rings. The van der Waals surface area contributed by atoms with E-state index in [-0.39, 0.29) is 11.4 Å². The van der Waals surface area contributed by atoms with Crippen molar-refractivity contribution in [1.82, 2.24) is 4.90 Å². The minimum atomic E-state index is -0.316. The second-order valence-corrected chi connectivity index (χ2v) is 7.49. The Labute approximate surface area is 137 Å². The highest BCUT2D eigenvalue weighted by Crippen LogP contribution is 2.40. The summed E-state index contributed by atoms with van der Waals surface area (Å²) in [7, 11) is 0. The molecule has 0 N–H and O–H groups in total. The summed E-state index contributed by atoms with van der Waals surface area (Å²) in [6.07, 6.45) is 3.57. The lowest BCUT2D eigenvalue weighted by Crippen LogP contribution is -2.51. The molecule has 2 heterocycles. The third-order valence-electron chi connectivity index (χ3n) is 4.84. The fourth-order valence-corrected chi connectivity index (χ4v) is 3.53. The van der Waals surface area contributed by atoms with Crippen LogP contribution in [0.2, 0.25) is 5.02 Å². The van der Waals surface area contributed by atoms with Crippen molar-refractivity contribution in [3.8, 4) is 5.75 Å². The highest BCUT2D eigenvalue weighted by Gasteiger charge is 2.42. The van der Waals surface area contributed by atoms with Crippen LogP contribution in [0.15, 0.2) is 18.2 Å². The van der Waals surface area contributed by atoms with E-state index in [4.69, 9.17) is 16.3 Å². The van der Waals surface area contributed by atoms with Crippen molar-refractivity contribution >= 4 is 17.4 Å². The van der Waals surface area contributed by atoms with Gasteiger partial charge >= 0.3 is 0 Å². The Balaban J connectivity index is 1.68. The maximum Gasteiger partial charge on any atom is 0.170 e. The molecule has 1 aromatic rings. The average molecular weight is 322 g/mol. The Morgan fingerprint density at radius 1 is 1.32 bits per heavy atom. The predicted molar refractivity (Wildman–Crippen MR) is 88.9 cm³/mol. The molecule has 3 rings (SSSR count). The molecule has 0 amide bonds. The number of carbonyl (C=O) groups excluding carboxylic acids is 1. The third kappa shape index (κ3) is 3.31. The van der Waals surface area contributed by atoms with Crippen LogP contribution in [0.4, 0.5) is 0 Å². The summed E-state index contributed by atoms with van der Waals surface area (Å²) < 4.78 is 6.25. The van der Waals surface area contributed by atoms with Crippen LogP contribution in [0.1, 0.15) is 49.9 Å². The van der Waals surface area contributed by atoms with E-state index in [1.54, 1.807) is 18.2 Å². The number of likely N-dealkylation sites (tertiary alicyclic amines) is 1. The number of rotatable bonds is 3. The highest BCUT2D eigenvalue weighted by atomic mass is 35.5. The molecule has 22 heavy (non-hydrogen) atoms. The molecule has 3 nitrogen and oxygen atoms in total. The van der Waals surface area contributed by atoms with Crippen LogP contribution in [0.25, 0.3) is 0 Å². The number of hydrogen-bond acceptors (Lipinski definition) is 3. The van der Waals surface area contributed by atoms with E-state index < -0.39 is 0 Å². The third-order valence-corrected chi connectivity index (χ3v) is 5.08. The van der Waals surface area contributed by atoms with Gasteiger partial charge in [-0.1, -0.05) is 25.4 Å². The fourth-order valence-electron chi connectivity index (χ4n) is 3.37. The lowest BCUT2D eigenvalue weighted by atomic mass is 9.82. The van der Waals surface area contributed by atoms with E-state index in [2.05, 4.69) is 18.7 Å². The van der Waals surface area contributed by atoms with Gasteiger partial charge in [0.1, 0.15) is 11.4 Å². The minimum absolute atomic E-state index is 0.188. The normalized spacial score (nSPS) is 21.0. The molecule has 1 saturated heterocycles. The molecule has 1 spiro atoms. The average Bonchev–Trinajstić information content (AvgIpc) is 2.46. The van der Waals surface area contributed by atoms with E-state index in [9.17, 15) is 4.79 Å². The first kappa shape index (κ1) is 15.8. The van der Waals surface area contributed by atoms with Crippen LogP contribution in [0, 0.1) is 5.92 Å². The summed E-state index contributed by atoms with van der Waals surface area (Å²) in [4.78, 5) is 14.9. The molecule has 4 heteroatoms. The molecular formula is C18H24ClNO2. The largest absolute Gasteiger partial charge is 0.486 e. The second kappa shape index (κ2) is 6.21. The van der Waals surface area contributed by atoms with Crippen LogP contribution >= 0.6 is 11.6 Å². The zero-order valence-electron chi connectivity index (χ0n) is 13.4. The number of ketones is 1. The number of hydrogen-bond donors (Lipinski definition) is 0. The summed E-state index contributed by atoms with van der Waals surface area (Å²) in [5.41, 5.74) is 0.362. The van der Waals surface area contributed by atoms with Crippen molar-refractivity contribution in [3.05, 3.63) is 28.8 Å². The zero-order valence-corrected chi connectivity index (χ0v) is 14.2. The van der Waals surface area contributed by atoms with Crippen molar-refractivity contribution in [1.29, 1.82) is 0 Å². The van der Waals surface area contributed by atoms with Crippen LogP contribution in [0.3, 0.4) is 0 Å². The number of ether oxygens (including phenoxy) is 1. The highest BCUT2D eigenvalue weighted by molar-refractivity contribution is 6.30. The van der Waals surface area contributed by atoms with E-state index >= 15 is 0 Å². The molecule has 0 atom stereocenters. The maximum absolute atomic E-state index is 12.4. The molecular weight excluding hydrogens is 298 g/mol. The molecule has 0 radical (unpaired) electrons.